The highest BCUT2D eigenvalue weighted by atomic mass is 15.4. The normalized spacial score (nSPS) is 10.7. The number of rotatable bonds is 6. The van der Waals surface area contributed by atoms with Crippen LogP contribution in [-0.4, -0.2) is 27.9 Å². The molecule has 0 N–H and O–H groups in total. The van der Waals surface area contributed by atoms with E-state index in [1.807, 2.05) is 0 Å². The average Bonchev–Trinajstić information content (AvgIpc) is 2.60. The molecule has 86 valence electrons. The zero-order valence-corrected chi connectivity index (χ0v) is 10.3. The first-order valence-corrected chi connectivity index (χ1v) is 5.87. The van der Waals surface area contributed by atoms with Crippen molar-refractivity contribution in [1.29, 1.82) is 0 Å². The minimum Gasteiger partial charge on any atom is -0.341 e. The summed E-state index contributed by atoms with van der Waals surface area (Å²) in [4.78, 5) is 2.22. The molecule has 0 fully saturated rings. The molecule has 0 bridgehead atoms. The molecular weight excluding hydrogens is 188 g/mol. The van der Waals surface area contributed by atoms with Crippen LogP contribution in [0, 0.1) is 0 Å². The van der Waals surface area contributed by atoms with Gasteiger partial charge in [-0.3, -0.25) is 0 Å². The van der Waals surface area contributed by atoms with Crippen LogP contribution in [0.15, 0.2) is 0 Å². The zero-order chi connectivity index (χ0) is 11.3. The monoisotopic (exact) mass is 210 g/mol. The topological polar surface area (TPSA) is 34.0 Å². The first kappa shape index (κ1) is 12.0. The molecule has 4 heteroatoms. The van der Waals surface area contributed by atoms with Crippen molar-refractivity contribution in [3.63, 3.8) is 0 Å². The first-order chi connectivity index (χ1) is 7.24. The van der Waals surface area contributed by atoms with Crippen LogP contribution in [0.4, 0.5) is 5.95 Å². The van der Waals surface area contributed by atoms with Crippen LogP contribution in [0.2, 0.25) is 0 Å². The Morgan fingerprint density at radius 3 is 2.33 bits per heavy atom. The Labute approximate surface area is 92.3 Å². The quantitative estimate of drug-likeness (QED) is 0.720. The fourth-order valence-electron chi connectivity index (χ4n) is 1.69. The van der Waals surface area contributed by atoms with Crippen LogP contribution in [0.3, 0.4) is 0 Å². The van der Waals surface area contributed by atoms with Crippen molar-refractivity contribution in [2.24, 2.45) is 7.05 Å². The van der Waals surface area contributed by atoms with Gasteiger partial charge in [0.1, 0.15) is 5.82 Å². The van der Waals surface area contributed by atoms with Crippen molar-refractivity contribution < 1.29 is 0 Å². The molecule has 0 aliphatic carbocycles. The molecule has 0 saturated carbocycles. The Bertz CT molecular complexity index is 289. The number of hydrogen-bond donors (Lipinski definition) is 0. The predicted molar refractivity (Wildman–Crippen MR) is 63.2 cm³/mol. The van der Waals surface area contributed by atoms with Gasteiger partial charge >= 0.3 is 0 Å². The maximum Gasteiger partial charge on any atom is 0.226 e. The standard InChI is InChI=1S/C11H22N4/c1-5-8-9-10-12-13-11(14(10)4)15(6-2)7-3/h5-9H2,1-4H3. The van der Waals surface area contributed by atoms with Gasteiger partial charge in [-0.15, -0.1) is 10.2 Å². The lowest BCUT2D eigenvalue weighted by molar-refractivity contribution is 0.700. The van der Waals surface area contributed by atoms with E-state index in [0.29, 0.717) is 0 Å². The maximum atomic E-state index is 4.25. The number of unbranched alkanes of at least 4 members (excludes halogenated alkanes) is 1. The Morgan fingerprint density at radius 2 is 1.80 bits per heavy atom. The highest BCUT2D eigenvalue weighted by Gasteiger charge is 2.12. The van der Waals surface area contributed by atoms with Crippen molar-refractivity contribution >= 4 is 5.95 Å². The summed E-state index contributed by atoms with van der Waals surface area (Å²) in [7, 11) is 2.05. The Kier molecular flexibility index (Phi) is 4.59. The van der Waals surface area contributed by atoms with E-state index in [9.17, 15) is 0 Å². The van der Waals surface area contributed by atoms with Crippen LogP contribution in [-0.2, 0) is 13.5 Å². The summed E-state index contributed by atoms with van der Waals surface area (Å²) in [6, 6.07) is 0. The molecule has 1 aromatic heterocycles. The van der Waals surface area contributed by atoms with Gasteiger partial charge in [-0.25, -0.2) is 0 Å². The third-order valence-electron chi connectivity index (χ3n) is 2.74. The lowest BCUT2D eigenvalue weighted by Gasteiger charge is -2.18. The molecule has 0 unspecified atom stereocenters. The van der Waals surface area contributed by atoms with Crippen LogP contribution < -0.4 is 4.90 Å². The molecule has 0 amide bonds. The van der Waals surface area contributed by atoms with Crippen LogP contribution in [0.5, 0.6) is 0 Å². The van der Waals surface area contributed by atoms with Crippen molar-refractivity contribution in [3.8, 4) is 0 Å². The maximum absolute atomic E-state index is 4.25. The minimum atomic E-state index is 0.982. The molecule has 15 heavy (non-hydrogen) atoms. The van der Waals surface area contributed by atoms with Crippen LogP contribution in [0.1, 0.15) is 39.4 Å². The highest BCUT2D eigenvalue weighted by Crippen LogP contribution is 2.12. The summed E-state index contributed by atoms with van der Waals surface area (Å²) in [6.07, 6.45) is 3.42. The van der Waals surface area contributed by atoms with Crippen molar-refractivity contribution in [2.75, 3.05) is 18.0 Å². The van der Waals surface area contributed by atoms with E-state index in [0.717, 1.165) is 31.3 Å². The predicted octanol–water partition coefficient (Wildman–Crippen LogP) is 2.00. The molecular formula is C11H22N4. The van der Waals surface area contributed by atoms with Crippen LogP contribution in [0.25, 0.3) is 0 Å². The molecule has 1 rings (SSSR count). The lowest BCUT2D eigenvalue weighted by Crippen LogP contribution is -2.25. The van der Waals surface area contributed by atoms with E-state index in [-0.39, 0.29) is 0 Å². The molecule has 4 nitrogen and oxygen atoms in total. The zero-order valence-electron chi connectivity index (χ0n) is 10.3. The molecule has 0 aliphatic heterocycles. The fraction of sp³-hybridized carbons (Fsp3) is 0.818. The Hall–Kier alpha value is -1.06. The third kappa shape index (κ3) is 2.70. The average molecular weight is 210 g/mol. The van der Waals surface area contributed by atoms with Crippen LogP contribution >= 0.6 is 0 Å². The number of hydrogen-bond acceptors (Lipinski definition) is 3. The first-order valence-electron chi connectivity index (χ1n) is 5.87. The molecule has 0 spiro atoms. The molecule has 0 aliphatic rings. The molecule has 1 aromatic rings. The lowest BCUT2D eigenvalue weighted by atomic mass is 10.2. The Morgan fingerprint density at radius 1 is 1.13 bits per heavy atom. The summed E-state index contributed by atoms with van der Waals surface area (Å²) < 4.78 is 2.11. The largest absolute Gasteiger partial charge is 0.341 e. The van der Waals surface area contributed by atoms with Gasteiger partial charge in [-0.2, -0.15) is 0 Å². The summed E-state index contributed by atoms with van der Waals surface area (Å²) in [6.45, 7) is 8.45. The van der Waals surface area contributed by atoms with Gasteiger partial charge < -0.3 is 9.47 Å². The smallest absolute Gasteiger partial charge is 0.226 e. The van der Waals surface area contributed by atoms with Gasteiger partial charge in [0.15, 0.2) is 0 Å². The van der Waals surface area contributed by atoms with E-state index in [1.54, 1.807) is 0 Å². The highest BCUT2D eigenvalue weighted by molar-refractivity contribution is 5.30. The van der Waals surface area contributed by atoms with Gasteiger partial charge in [0.2, 0.25) is 5.95 Å². The van der Waals surface area contributed by atoms with E-state index in [1.165, 1.54) is 12.8 Å². The number of nitrogens with zero attached hydrogens (tertiary/aromatic N) is 4. The van der Waals surface area contributed by atoms with E-state index in [2.05, 4.69) is 47.5 Å². The second-order valence-corrected chi connectivity index (χ2v) is 3.75. The fourth-order valence-corrected chi connectivity index (χ4v) is 1.69. The summed E-state index contributed by atoms with van der Waals surface area (Å²) in [5.41, 5.74) is 0. The molecule has 1 heterocycles. The van der Waals surface area contributed by atoms with E-state index >= 15 is 0 Å². The van der Waals surface area contributed by atoms with Gasteiger partial charge in [0.05, 0.1) is 0 Å². The molecule has 0 radical (unpaired) electrons. The second kappa shape index (κ2) is 5.73. The number of aromatic nitrogens is 3. The van der Waals surface area contributed by atoms with Crippen molar-refractivity contribution in [3.05, 3.63) is 5.82 Å². The minimum absolute atomic E-state index is 0.982. The summed E-state index contributed by atoms with van der Waals surface area (Å²) in [5.74, 6) is 2.09. The van der Waals surface area contributed by atoms with E-state index in [4.69, 9.17) is 0 Å². The van der Waals surface area contributed by atoms with Gasteiger partial charge in [-0.1, -0.05) is 13.3 Å². The number of anilines is 1. The van der Waals surface area contributed by atoms with Crippen molar-refractivity contribution in [1.82, 2.24) is 14.8 Å². The second-order valence-electron chi connectivity index (χ2n) is 3.75. The van der Waals surface area contributed by atoms with Gasteiger partial charge in [-0.05, 0) is 20.3 Å². The van der Waals surface area contributed by atoms with Gasteiger partial charge in [0, 0.05) is 26.6 Å². The third-order valence-corrected chi connectivity index (χ3v) is 2.74. The SMILES string of the molecule is CCCCc1nnc(N(CC)CC)n1C. The van der Waals surface area contributed by atoms with Gasteiger partial charge in [0.25, 0.3) is 0 Å². The molecule has 0 aromatic carbocycles. The van der Waals surface area contributed by atoms with Crippen molar-refractivity contribution in [2.45, 2.75) is 40.0 Å². The number of aryl methyl sites for hydroxylation is 1. The van der Waals surface area contributed by atoms with E-state index < -0.39 is 0 Å². The molecule has 0 saturated heterocycles. The summed E-state index contributed by atoms with van der Waals surface area (Å²) >= 11 is 0. The Balaban J connectivity index is 2.78. The molecule has 0 atom stereocenters. The summed E-state index contributed by atoms with van der Waals surface area (Å²) in [5, 5.41) is 8.49.